The fourth-order valence-corrected chi connectivity index (χ4v) is 15.9. The molecule has 0 spiro atoms. The van der Waals surface area contributed by atoms with Crippen molar-refractivity contribution in [2.75, 3.05) is 0 Å². The molecule has 624 valence electrons. The van der Waals surface area contributed by atoms with E-state index in [9.17, 15) is 38.4 Å². The number of aryl methyl sites for hydroxylation is 12. The van der Waals surface area contributed by atoms with Gasteiger partial charge >= 0.3 is 22.8 Å². The summed E-state index contributed by atoms with van der Waals surface area (Å²) in [4.78, 5) is 107. The zero-order valence-electron chi connectivity index (χ0n) is 70.4. The summed E-state index contributed by atoms with van der Waals surface area (Å²) in [5, 5.41) is 0. The van der Waals surface area contributed by atoms with Crippen LogP contribution in [0.5, 0.6) is 0 Å². The molecule has 26 heteroatoms. The molecule has 2 aromatic carbocycles. The summed E-state index contributed by atoms with van der Waals surface area (Å²) in [5.74, 6) is 0. The van der Waals surface area contributed by atoms with Gasteiger partial charge in [-0.2, -0.15) is 0 Å². The lowest BCUT2D eigenvalue weighted by atomic mass is 10.0. The van der Waals surface area contributed by atoms with E-state index < -0.39 is 22.8 Å². The molecule has 125 heavy (non-hydrogen) atoms. The topological polar surface area (TPSA) is 258 Å². The maximum atomic E-state index is 12.4. The predicted molar refractivity (Wildman–Crippen MR) is 467 cm³/mol. The van der Waals surface area contributed by atoms with Gasteiger partial charge in [0.15, 0.2) is 170 Å². The normalized spacial score (nSPS) is 11.4. The lowest BCUT2D eigenvalue weighted by Gasteiger charge is -2.08. The first-order valence-electron chi connectivity index (χ1n) is 42.1. The number of aromatic amines is 4. The number of nitrogens with one attached hydrogen (secondary N) is 4. The molecule has 26 nitrogen and oxygen atoms in total. The molecule has 0 radical (unpaired) electrons. The van der Waals surface area contributed by atoms with Crippen LogP contribution in [0.1, 0.15) is 74.9 Å². The van der Waals surface area contributed by atoms with Crippen LogP contribution in [0, 0.1) is 27.7 Å². The largest absolute Gasteiger partial charge is 0.328 e. The molecule has 0 unspecified atom stereocenters. The van der Waals surface area contributed by atoms with Gasteiger partial charge in [0.25, 0.3) is 22.2 Å². The van der Waals surface area contributed by atoms with Crippen LogP contribution in [-0.4, -0.2) is 38.2 Å². The molecule has 4 N–H and O–H groups in total. The second-order valence-corrected chi connectivity index (χ2v) is 32.3. The fourth-order valence-electron chi connectivity index (χ4n) is 15.9. The van der Waals surface area contributed by atoms with Crippen LogP contribution in [0.4, 0.5) is 0 Å². The molecule has 14 aromatic heterocycles. The third-order valence-corrected chi connectivity index (χ3v) is 22.8. The number of benzene rings is 2. The molecular weight excluding hydrogens is 1570 g/mol. The third-order valence-electron chi connectivity index (χ3n) is 22.8. The van der Waals surface area contributed by atoms with Gasteiger partial charge in [-0.15, -0.1) is 0 Å². The van der Waals surface area contributed by atoms with Crippen LogP contribution >= 0.6 is 0 Å². The van der Waals surface area contributed by atoms with Crippen LogP contribution in [-0.2, 0) is 91.6 Å². The van der Waals surface area contributed by atoms with E-state index in [2.05, 4.69) is 330 Å². The van der Waals surface area contributed by atoms with Crippen molar-refractivity contribution in [3.05, 3.63) is 445 Å². The fraction of sp³-hybridized carbons (Fsp3) is 0.212. The number of nitrogens with zero attached hydrogens (tertiary/aromatic N) is 14. The summed E-state index contributed by atoms with van der Waals surface area (Å²) in [5.41, 5.74) is 17.0. The minimum atomic E-state index is -0.420. The number of aromatic nitrogens is 18. The number of rotatable bonds is 32. The Balaban J connectivity index is 0.598. The molecule has 0 saturated heterocycles. The van der Waals surface area contributed by atoms with E-state index in [1.54, 1.807) is 66.2 Å². The number of hydrogen-bond donors (Lipinski definition) is 4. The average molecular weight is 1670 g/mol. The predicted octanol–water partition coefficient (Wildman–Crippen LogP) is 5.79. The van der Waals surface area contributed by atoms with Crippen molar-refractivity contribution in [3.63, 3.8) is 0 Å². The Kier molecular flexibility index (Phi) is 25.4. The smallest absolute Gasteiger partial charge is 0.300 e. The monoisotopic (exact) mass is 1670 g/mol. The standard InChI is InChI=1S/C99H96N18O8/c1-72-62-114(96(122)100-92(72)118)31-5-28-104-34-8-82(9-35-104)86-16-42-108(43-17-86)66-76-56-77(67-109-44-18-87(19-45-109)83-10-36-105(37-11-83)29-6-32-115-63-73(2)93(119)101-97(115)123)59-80(58-76)70-112-50-24-90(25-51-112)91-26-52-113(53-27-91)71-81-60-78(68-110-46-20-88(21-47-110)84-12-38-106(39-13-84)30-7-33-116-64-74(3)94(120)102-98(116)124)57-79(61-81)69-111-48-22-89(23-49-111)85-14-40-107(41-15-85)54-55-117-65-75(4)95(121)103-99(117)125/h8-27,34-53,56-65H,5-7,28-33,54-55,66-71H2,1-4H3/q+6/p+4. The molecule has 0 bridgehead atoms. The lowest BCUT2D eigenvalue weighted by Crippen LogP contribution is -2.38. The average Bonchev–Trinajstić information content (AvgIpc) is 0.835. The summed E-state index contributed by atoms with van der Waals surface area (Å²) < 4.78 is 27.8. The number of hydrogen-bond acceptors (Lipinski definition) is 8. The van der Waals surface area contributed by atoms with E-state index in [1.165, 1.54) is 37.9 Å². The van der Waals surface area contributed by atoms with Crippen molar-refractivity contribution >= 4 is 0 Å². The Labute approximate surface area is 719 Å². The molecule has 16 rings (SSSR count). The zero-order chi connectivity index (χ0) is 86.5. The van der Waals surface area contributed by atoms with Crippen molar-refractivity contribution < 1.29 is 45.7 Å². The highest BCUT2D eigenvalue weighted by atomic mass is 16.2. The molecule has 0 fully saturated rings. The van der Waals surface area contributed by atoms with Crippen molar-refractivity contribution in [2.24, 2.45) is 0 Å². The second kappa shape index (κ2) is 38.2. The molecule has 0 amide bonds. The van der Waals surface area contributed by atoms with Crippen molar-refractivity contribution in [3.8, 4) is 55.6 Å². The second-order valence-electron chi connectivity index (χ2n) is 32.3. The van der Waals surface area contributed by atoms with Crippen molar-refractivity contribution in [1.82, 2.24) is 38.2 Å². The van der Waals surface area contributed by atoms with Gasteiger partial charge in [-0.1, -0.05) is 0 Å². The highest BCUT2D eigenvalue weighted by Crippen LogP contribution is 2.23. The third kappa shape index (κ3) is 21.5. The minimum Gasteiger partial charge on any atom is -0.300 e. The van der Waals surface area contributed by atoms with Crippen molar-refractivity contribution in [2.45, 2.75) is 139 Å². The first-order valence-corrected chi connectivity index (χ1v) is 42.1. The minimum absolute atomic E-state index is 0.356. The lowest BCUT2D eigenvalue weighted by molar-refractivity contribution is -0.698. The van der Waals surface area contributed by atoms with Gasteiger partial charge < -0.3 is 13.7 Å². The van der Waals surface area contributed by atoms with Crippen LogP contribution < -0.4 is 90.7 Å². The summed E-state index contributed by atoms with van der Waals surface area (Å²) in [7, 11) is 0. The molecule has 16 aromatic rings. The Morgan fingerprint density at radius 1 is 0.208 bits per heavy atom. The summed E-state index contributed by atoms with van der Waals surface area (Å²) in [6.07, 6.45) is 50.7. The highest BCUT2D eigenvalue weighted by molar-refractivity contribution is 5.64. The molecular formula is C99H100N18O8+10. The molecule has 0 atom stereocenters. The number of pyridine rings is 10. The first-order chi connectivity index (χ1) is 60.7. The van der Waals surface area contributed by atoms with Gasteiger partial charge in [-0.05, 0) is 120 Å². The van der Waals surface area contributed by atoms with Gasteiger partial charge in [0.2, 0.25) is 0 Å². The first kappa shape index (κ1) is 83.3. The quantitative estimate of drug-likeness (QED) is 0.0374. The van der Waals surface area contributed by atoms with Crippen LogP contribution in [0.15, 0.2) is 345 Å². The van der Waals surface area contributed by atoms with Crippen LogP contribution in [0.25, 0.3) is 55.6 Å². The highest BCUT2D eigenvalue weighted by Gasteiger charge is 2.20. The van der Waals surface area contributed by atoms with Crippen LogP contribution in [0.2, 0.25) is 0 Å². The molecule has 0 aliphatic carbocycles. The summed E-state index contributed by atoms with van der Waals surface area (Å²) in [6.45, 7) is 15.3. The Hall–Kier alpha value is -15.3. The van der Waals surface area contributed by atoms with E-state index >= 15 is 0 Å². The Morgan fingerprint density at radius 3 is 0.536 bits per heavy atom. The van der Waals surface area contributed by atoms with Crippen molar-refractivity contribution in [1.29, 1.82) is 0 Å². The van der Waals surface area contributed by atoms with Gasteiger partial charge in [0.05, 0.1) is 6.54 Å². The van der Waals surface area contributed by atoms with E-state index in [0.717, 1.165) is 74.9 Å². The Bertz CT molecular complexity index is 6880. The van der Waals surface area contributed by atoms with Gasteiger partial charge in [0, 0.05) is 241 Å². The molecule has 0 aliphatic rings. The zero-order valence-corrected chi connectivity index (χ0v) is 70.4. The van der Waals surface area contributed by atoms with E-state index in [1.807, 2.05) is 17.0 Å². The molecule has 0 aliphatic heterocycles. The van der Waals surface area contributed by atoms with E-state index in [0.29, 0.717) is 114 Å². The molecule has 0 saturated carbocycles. The van der Waals surface area contributed by atoms with Crippen LogP contribution in [0.3, 0.4) is 0 Å². The van der Waals surface area contributed by atoms with Gasteiger partial charge in [-0.3, -0.25) is 43.7 Å². The van der Waals surface area contributed by atoms with E-state index in [-0.39, 0.29) is 22.2 Å². The SMILES string of the molecule is Cc1cn(CCC[n+]2ccc(-c3cc[n+](Cc4cc(C[n+]5ccc(-c6cc[n+](CCCn7cc(C)c(=O)[nH]c7=O)cc6)cc5)cc(C[n+]5ccc(-c6cc[n+](Cc7cc(C[n+]8ccc(-c9cc[n+](CCCn%10cc(C)c(=O)[nH]c%10=O)cc9)cc8)cc(C[n+]8ccc(-c9cc[n+](CCn%10cc(C)c(=O)[nH]c%10=O)cc9)cc8)c7)cc6)cc5)c4)cc3)cc2)c(=O)[nH]c1=O. The maximum absolute atomic E-state index is 12.4. The summed E-state index contributed by atoms with van der Waals surface area (Å²) >= 11 is 0. The Morgan fingerprint density at radius 2 is 0.360 bits per heavy atom. The van der Waals surface area contributed by atoms with E-state index in [4.69, 9.17) is 0 Å². The van der Waals surface area contributed by atoms with Gasteiger partial charge in [0.1, 0.15) is 19.6 Å². The number of H-pyrrole nitrogens is 4. The summed E-state index contributed by atoms with van der Waals surface area (Å²) in [6, 6.07) is 56.6. The molecule has 14 heterocycles. The maximum Gasteiger partial charge on any atom is 0.328 e. The van der Waals surface area contributed by atoms with Gasteiger partial charge in [-0.25, -0.2) is 64.8 Å².